The van der Waals surface area contributed by atoms with Gasteiger partial charge in [-0.2, -0.15) is 0 Å². The lowest BCUT2D eigenvalue weighted by atomic mass is 10.4. The van der Waals surface area contributed by atoms with Crippen molar-refractivity contribution >= 4 is 11.3 Å². The maximum Gasteiger partial charge on any atom is 0.245 e. The molecule has 0 aliphatic heterocycles. The summed E-state index contributed by atoms with van der Waals surface area (Å²) in [6.45, 7) is 2.06. The lowest BCUT2D eigenvalue weighted by Gasteiger charge is -1.84. The van der Waals surface area contributed by atoms with Gasteiger partial charge in [-0.25, -0.2) is 9.97 Å². The fourth-order valence-corrected chi connectivity index (χ4v) is 1.73. The minimum absolute atomic E-state index is 0.878. The number of hydrogen-bond acceptors (Lipinski definition) is 2. The SMILES string of the molecule is Cc1cn2c3nccnc3n(C)[n+]2c1. The summed E-state index contributed by atoms with van der Waals surface area (Å²) in [5.74, 6) is 0. The van der Waals surface area contributed by atoms with Crippen molar-refractivity contribution in [1.29, 1.82) is 0 Å². The molecule has 3 aromatic rings. The molecule has 5 nitrogen and oxygen atoms in total. The fraction of sp³-hybridized carbons (Fsp3) is 0.222. The Morgan fingerprint density at radius 3 is 2.71 bits per heavy atom. The highest BCUT2D eigenvalue weighted by Crippen LogP contribution is 2.05. The van der Waals surface area contributed by atoms with Gasteiger partial charge in [0.15, 0.2) is 0 Å². The van der Waals surface area contributed by atoms with Crippen LogP contribution in [0.15, 0.2) is 24.8 Å². The Bertz CT molecular complexity index is 618. The third kappa shape index (κ3) is 0.761. The molecule has 0 unspecified atom stereocenters. The number of rotatable bonds is 0. The van der Waals surface area contributed by atoms with E-state index in [1.807, 2.05) is 33.3 Å². The summed E-state index contributed by atoms with van der Waals surface area (Å²) in [6.07, 6.45) is 7.49. The quantitative estimate of drug-likeness (QED) is 0.470. The molecule has 0 atom stereocenters. The van der Waals surface area contributed by atoms with Crippen molar-refractivity contribution in [3.8, 4) is 0 Å². The van der Waals surface area contributed by atoms with E-state index in [4.69, 9.17) is 0 Å². The Balaban J connectivity index is 2.65. The topological polar surface area (TPSA) is 39.2 Å². The van der Waals surface area contributed by atoms with Crippen molar-refractivity contribution in [2.45, 2.75) is 6.92 Å². The molecule has 0 N–H and O–H groups in total. The van der Waals surface area contributed by atoms with Crippen LogP contribution in [-0.2, 0) is 7.05 Å². The van der Waals surface area contributed by atoms with E-state index in [1.165, 1.54) is 5.56 Å². The van der Waals surface area contributed by atoms with Crippen LogP contribution in [0.3, 0.4) is 0 Å². The van der Waals surface area contributed by atoms with E-state index in [0.717, 1.165) is 11.3 Å². The third-order valence-electron chi connectivity index (χ3n) is 2.36. The first-order chi connectivity index (χ1) is 6.77. The molecule has 0 aromatic carbocycles. The van der Waals surface area contributed by atoms with Gasteiger partial charge in [-0.15, -0.1) is 4.68 Å². The normalized spacial score (nSPS) is 11.6. The molecule has 3 aromatic heterocycles. The van der Waals surface area contributed by atoms with E-state index in [9.17, 15) is 0 Å². The molecule has 3 heterocycles. The molecule has 70 valence electrons. The second-order valence-corrected chi connectivity index (χ2v) is 3.39. The average molecular weight is 188 g/mol. The highest BCUT2D eigenvalue weighted by molar-refractivity contribution is 5.63. The number of aromatic nitrogens is 5. The second kappa shape index (κ2) is 2.31. The van der Waals surface area contributed by atoms with Gasteiger partial charge in [-0.1, -0.05) is 4.52 Å². The van der Waals surface area contributed by atoms with Crippen LogP contribution in [0.2, 0.25) is 0 Å². The van der Waals surface area contributed by atoms with Crippen molar-refractivity contribution in [2.24, 2.45) is 7.05 Å². The van der Waals surface area contributed by atoms with Gasteiger partial charge in [0.25, 0.3) is 0 Å². The van der Waals surface area contributed by atoms with Gasteiger partial charge < -0.3 is 0 Å². The maximum absolute atomic E-state index is 4.30. The molecule has 14 heavy (non-hydrogen) atoms. The zero-order valence-corrected chi connectivity index (χ0v) is 8.05. The van der Waals surface area contributed by atoms with Gasteiger partial charge in [0.1, 0.15) is 0 Å². The molecule has 0 bridgehead atoms. The maximum atomic E-state index is 4.30. The predicted octanol–water partition coefficient (Wildman–Crippen LogP) is 0.115. The summed E-state index contributed by atoms with van der Waals surface area (Å²) in [5.41, 5.74) is 2.96. The second-order valence-electron chi connectivity index (χ2n) is 3.39. The molecule has 5 heteroatoms. The van der Waals surface area contributed by atoms with Crippen LogP contribution in [0.1, 0.15) is 5.56 Å². The van der Waals surface area contributed by atoms with E-state index in [0.29, 0.717) is 0 Å². The predicted molar refractivity (Wildman–Crippen MR) is 49.9 cm³/mol. The van der Waals surface area contributed by atoms with Crippen molar-refractivity contribution in [1.82, 2.24) is 19.2 Å². The molecule has 3 rings (SSSR count). The lowest BCUT2D eigenvalue weighted by molar-refractivity contribution is -0.694. The first-order valence-electron chi connectivity index (χ1n) is 4.44. The summed E-state index contributed by atoms with van der Waals surface area (Å²) >= 11 is 0. The van der Waals surface area contributed by atoms with Crippen molar-refractivity contribution in [3.63, 3.8) is 0 Å². The largest absolute Gasteiger partial charge is 0.245 e. The first kappa shape index (κ1) is 7.49. The molecule has 0 aliphatic carbocycles. The number of aryl methyl sites for hydroxylation is 2. The molecular weight excluding hydrogens is 178 g/mol. The van der Waals surface area contributed by atoms with Crippen LogP contribution in [-0.4, -0.2) is 19.2 Å². The highest BCUT2D eigenvalue weighted by Gasteiger charge is 2.17. The summed E-state index contributed by atoms with van der Waals surface area (Å²) in [5, 5.41) is 0. The van der Waals surface area contributed by atoms with Crippen LogP contribution in [0.5, 0.6) is 0 Å². The fourth-order valence-electron chi connectivity index (χ4n) is 1.73. The van der Waals surface area contributed by atoms with E-state index in [1.54, 1.807) is 12.4 Å². The van der Waals surface area contributed by atoms with Crippen molar-refractivity contribution < 1.29 is 4.63 Å². The molecule has 0 aliphatic rings. The lowest BCUT2D eigenvalue weighted by Crippen LogP contribution is -2.33. The van der Waals surface area contributed by atoms with Gasteiger partial charge in [-0.05, 0) is 6.92 Å². The minimum atomic E-state index is 0.878. The monoisotopic (exact) mass is 188 g/mol. The number of nitrogens with zero attached hydrogens (tertiary/aromatic N) is 5. The van der Waals surface area contributed by atoms with Crippen LogP contribution in [0.4, 0.5) is 0 Å². The van der Waals surface area contributed by atoms with E-state index < -0.39 is 0 Å². The summed E-state index contributed by atoms with van der Waals surface area (Å²) < 4.78 is 5.94. The van der Waals surface area contributed by atoms with Crippen LogP contribution < -0.4 is 4.63 Å². The minimum Gasteiger partial charge on any atom is -0.229 e. The molecule has 0 saturated carbocycles. The Morgan fingerprint density at radius 1 is 1.21 bits per heavy atom. The van der Waals surface area contributed by atoms with E-state index in [2.05, 4.69) is 16.9 Å². The Hall–Kier alpha value is -1.91. The zero-order chi connectivity index (χ0) is 9.71. The molecule has 0 fully saturated rings. The van der Waals surface area contributed by atoms with Gasteiger partial charge in [-0.3, -0.25) is 0 Å². The Morgan fingerprint density at radius 2 is 1.93 bits per heavy atom. The van der Waals surface area contributed by atoms with E-state index >= 15 is 0 Å². The van der Waals surface area contributed by atoms with Gasteiger partial charge in [0, 0.05) is 22.6 Å². The Kier molecular flexibility index (Phi) is 1.24. The van der Waals surface area contributed by atoms with Crippen LogP contribution >= 0.6 is 0 Å². The van der Waals surface area contributed by atoms with E-state index in [-0.39, 0.29) is 0 Å². The average Bonchev–Trinajstić information content (AvgIpc) is 2.68. The molecule has 0 spiro atoms. The summed E-state index contributed by atoms with van der Waals surface area (Å²) in [4.78, 5) is 8.58. The number of hydrogen-bond donors (Lipinski definition) is 0. The van der Waals surface area contributed by atoms with Crippen LogP contribution in [0.25, 0.3) is 11.3 Å². The third-order valence-corrected chi connectivity index (χ3v) is 2.36. The molecule has 0 saturated heterocycles. The van der Waals surface area contributed by atoms with Crippen molar-refractivity contribution in [2.75, 3.05) is 0 Å². The first-order valence-corrected chi connectivity index (χ1v) is 4.44. The highest BCUT2D eigenvalue weighted by atomic mass is 15.6. The molecular formula is C9H10N5+. The standard InChI is InChI=1S/C9H10N5/c1-7-5-13-9-8(10-3-4-11-9)12(2)14(13)6-7/h3-6H,1-2H3/q+1. The van der Waals surface area contributed by atoms with Gasteiger partial charge in [0.2, 0.25) is 17.5 Å². The van der Waals surface area contributed by atoms with Gasteiger partial charge >= 0.3 is 0 Å². The smallest absolute Gasteiger partial charge is 0.229 e. The van der Waals surface area contributed by atoms with Gasteiger partial charge in [0.05, 0.1) is 13.2 Å². The Labute approximate surface area is 80.2 Å². The van der Waals surface area contributed by atoms with Crippen molar-refractivity contribution in [3.05, 3.63) is 30.4 Å². The molecule has 0 radical (unpaired) electrons. The summed E-state index contributed by atoms with van der Waals surface area (Å²) in [7, 11) is 1.97. The van der Waals surface area contributed by atoms with Crippen LogP contribution in [0, 0.1) is 6.92 Å². The summed E-state index contributed by atoms with van der Waals surface area (Å²) in [6, 6.07) is 0. The zero-order valence-electron chi connectivity index (χ0n) is 8.05. The molecule has 0 amide bonds. The number of fused-ring (bicyclic) bond motifs is 3.